The van der Waals surface area contributed by atoms with Gasteiger partial charge in [-0.25, -0.2) is 13.1 Å². The predicted molar refractivity (Wildman–Crippen MR) is 50.8 cm³/mol. The van der Waals surface area contributed by atoms with Crippen molar-refractivity contribution < 1.29 is 13.5 Å². The molecule has 78 valence electrons. The Morgan fingerprint density at radius 2 is 2.15 bits per heavy atom. The van der Waals surface area contributed by atoms with Crippen LogP contribution in [0.4, 0.5) is 0 Å². The van der Waals surface area contributed by atoms with E-state index < -0.39 is 16.1 Å². The van der Waals surface area contributed by atoms with Crippen LogP contribution in [0.2, 0.25) is 0 Å². The van der Waals surface area contributed by atoms with E-state index in [4.69, 9.17) is 5.11 Å². The molecular weight excluding hydrogens is 190 g/mol. The molecule has 0 amide bonds. The minimum atomic E-state index is -3.15. The lowest BCUT2D eigenvalue weighted by molar-refractivity contribution is 0.198. The first kappa shape index (κ1) is 10.9. The van der Waals surface area contributed by atoms with E-state index in [1.54, 1.807) is 6.92 Å². The van der Waals surface area contributed by atoms with Crippen LogP contribution in [-0.4, -0.2) is 31.9 Å². The van der Waals surface area contributed by atoms with E-state index in [0.29, 0.717) is 5.92 Å². The van der Waals surface area contributed by atoms with E-state index >= 15 is 0 Å². The molecule has 0 aromatic carbocycles. The normalized spacial score (nSPS) is 21.1. The number of hydrogen-bond acceptors (Lipinski definition) is 3. The average molecular weight is 207 g/mol. The number of hydrogen-bond donors (Lipinski definition) is 2. The quantitative estimate of drug-likeness (QED) is 0.671. The standard InChI is InChI=1S/C8H17NO3S/c1-7(10)5-9-13(11,12)6-8-3-2-4-8/h7-10H,2-6H2,1H3. The first-order valence-electron chi connectivity index (χ1n) is 4.65. The molecule has 1 aliphatic rings. The monoisotopic (exact) mass is 207 g/mol. The summed E-state index contributed by atoms with van der Waals surface area (Å²) in [5.74, 6) is 0.561. The van der Waals surface area contributed by atoms with Crippen LogP contribution >= 0.6 is 0 Å². The summed E-state index contributed by atoms with van der Waals surface area (Å²) in [6.07, 6.45) is 2.58. The maximum Gasteiger partial charge on any atom is 0.211 e. The smallest absolute Gasteiger partial charge is 0.211 e. The molecule has 0 aliphatic heterocycles. The van der Waals surface area contributed by atoms with Gasteiger partial charge in [0, 0.05) is 6.54 Å². The third-order valence-electron chi connectivity index (χ3n) is 2.28. The van der Waals surface area contributed by atoms with Crippen LogP contribution in [0, 0.1) is 5.92 Å². The van der Waals surface area contributed by atoms with Gasteiger partial charge in [-0.1, -0.05) is 6.42 Å². The van der Waals surface area contributed by atoms with Crippen LogP contribution in [0.15, 0.2) is 0 Å². The second-order valence-electron chi connectivity index (χ2n) is 3.78. The van der Waals surface area contributed by atoms with E-state index in [9.17, 15) is 8.42 Å². The van der Waals surface area contributed by atoms with Crippen molar-refractivity contribution in [2.24, 2.45) is 5.92 Å². The second-order valence-corrected chi connectivity index (χ2v) is 5.63. The first-order valence-corrected chi connectivity index (χ1v) is 6.30. The Morgan fingerprint density at radius 3 is 2.54 bits per heavy atom. The molecule has 0 aromatic rings. The summed E-state index contributed by atoms with van der Waals surface area (Å²) in [7, 11) is -3.15. The van der Waals surface area contributed by atoms with Crippen molar-refractivity contribution in [1.82, 2.24) is 4.72 Å². The fourth-order valence-corrected chi connectivity index (χ4v) is 2.84. The minimum absolute atomic E-state index is 0.120. The summed E-state index contributed by atoms with van der Waals surface area (Å²) in [4.78, 5) is 0. The van der Waals surface area contributed by atoms with Crippen molar-refractivity contribution in [2.45, 2.75) is 32.3 Å². The summed E-state index contributed by atoms with van der Waals surface area (Å²) in [6, 6.07) is 0. The molecule has 1 saturated carbocycles. The van der Waals surface area contributed by atoms with Crippen molar-refractivity contribution in [2.75, 3.05) is 12.3 Å². The van der Waals surface area contributed by atoms with Gasteiger partial charge in [0.15, 0.2) is 0 Å². The van der Waals surface area contributed by atoms with Gasteiger partial charge >= 0.3 is 0 Å². The zero-order chi connectivity index (χ0) is 9.90. The van der Waals surface area contributed by atoms with Crippen LogP contribution in [0.25, 0.3) is 0 Å². The Morgan fingerprint density at radius 1 is 1.54 bits per heavy atom. The van der Waals surface area contributed by atoms with Crippen molar-refractivity contribution in [3.63, 3.8) is 0 Å². The van der Waals surface area contributed by atoms with Gasteiger partial charge in [-0.2, -0.15) is 0 Å². The van der Waals surface area contributed by atoms with Crippen LogP contribution in [0.5, 0.6) is 0 Å². The number of rotatable bonds is 5. The lowest BCUT2D eigenvalue weighted by Crippen LogP contribution is -2.36. The van der Waals surface area contributed by atoms with Crippen LogP contribution < -0.4 is 4.72 Å². The Balaban J connectivity index is 2.28. The lowest BCUT2D eigenvalue weighted by atomic mass is 9.87. The van der Waals surface area contributed by atoms with Crippen LogP contribution in [0.1, 0.15) is 26.2 Å². The second kappa shape index (κ2) is 4.39. The SMILES string of the molecule is CC(O)CNS(=O)(=O)CC1CCC1. The molecule has 1 atom stereocenters. The molecule has 1 aliphatic carbocycles. The Kier molecular flexibility index (Phi) is 3.70. The molecule has 0 bridgehead atoms. The zero-order valence-corrected chi connectivity index (χ0v) is 8.68. The van der Waals surface area contributed by atoms with E-state index in [2.05, 4.69) is 4.72 Å². The van der Waals surface area contributed by atoms with Gasteiger partial charge in [-0.3, -0.25) is 0 Å². The van der Waals surface area contributed by atoms with Crippen molar-refractivity contribution in [1.29, 1.82) is 0 Å². The lowest BCUT2D eigenvalue weighted by Gasteiger charge is -2.24. The maximum absolute atomic E-state index is 11.3. The highest BCUT2D eigenvalue weighted by atomic mass is 32.2. The maximum atomic E-state index is 11.3. The number of nitrogens with one attached hydrogen (secondary N) is 1. The highest BCUT2D eigenvalue weighted by Gasteiger charge is 2.24. The Hall–Kier alpha value is -0.130. The fraction of sp³-hybridized carbons (Fsp3) is 1.00. The van der Waals surface area contributed by atoms with E-state index in [1.165, 1.54) is 0 Å². The van der Waals surface area contributed by atoms with E-state index in [1.807, 2.05) is 0 Å². The third kappa shape index (κ3) is 4.06. The molecular formula is C8H17NO3S. The molecule has 0 aromatic heterocycles. The number of aliphatic hydroxyl groups is 1. The largest absolute Gasteiger partial charge is 0.392 e. The third-order valence-corrected chi connectivity index (χ3v) is 3.80. The van der Waals surface area contributed by atoms with Gasteiger partial charge < -0.3 is 5.11 Å². The summed E-state index contributed by atoms with van der Waals surface area (Å²) >= 11 is 0. The molecule has 0 spiro atoms. The minimum Gasteiger partial charge on any atom is -0.392 e. The van der Waals surface area contributed by atoms with Gasteiger partial charge in [0.1, 0.15) is 0 Å². The van der Waals surface area contributed by atoms with Gasteiger partial charge in [0.25, 0.3) is 0 Å². The molecule has 5 heteroatoms. The number of aliphatic hydroxyl groups excluding tert-OH is 1. The molecule has 13 heavy (non-hydrogen) atoms. The van der Waals surface area contributed by atoms with Crippen LogP contribution in [-0.2, 0) is 10.0 Å². The molecule has 0 heterocycles. The van der Waals surface area contributed by atoms with Crippen molar-refractivity contribution in [3.05, 3.63) is 0 Å². The molecule has 2 N–H and O–H groups in total. The van der Waals surface area contributed by atoms with E-state index in [0.717, 1.165) is 19.3 Å². The summed E-state index contributed by atoms with van der Waals surface area (Å²) in [6.45, 7) is 1.68. The van der Waals surface area contributed by atoms with Gasteiger partial charge in [-0.05, 0) is 25.7 Å². The zero-order valence-electron chi connectivity index (χ0n) is 7.86. The first-order chi connectivity index (χ1) is 5.99. The molecule has 0 saturated heterocycles. The van der Waals surface area contributed by atoms with Gasteiger partial charge in [-0.15, -0.1) is 0 Å². The van der Waals surface area contributed by atoms with Crippen molar-refractivity contribution in [3.8, 4) is 0 Å². The molecule has 0 radical (unpaired) electrons. The summed E-state index contributed by atoms with van der Waals surface area (Å²) < 4.78 is 25.0. The highest BCUT2D eigenvalue weighted by Crippen LogP contribution is 2.27. The fourth-order valence-electron chi connectivity index (χ4n) is 1.28. The topological polar surface area (TPSA) is 66.4 Å². The van der Waals surface area contributed by atoms with E-state index in [-0.39, 0.29) is 12.3 Å². The highest BCUT2D eigenvalue weighted by molar-refractivity contribution is 7.89. The van der Waals surface area contributed by atoms with Gasteiger partial charge in [0.2, 0.25) is 10.0 Å². The molecule has 1 unspecified atom stereocenters. The Bertz CT molecular complexity index is 244. The molecule has 4 nitrogen and oxygen atoms in total. The Labute approximate surface area is 79.4 Å². The summed E-state index contributed by atoms with van der Waals surface area (Å²) in [5.41, 5.74) is 0. The van der Waals surface area contributed by atoms with Crippen LogP contribution in [0.3, 0.4) is 0 Å². The van der Waals surface area contributed by atoms with Crippen molar-refractivity contribution >= 4 is 10.0 Å². The molecule has 1 fully saturated rings. The summed E-state index contributed by atoms with van der Waals surface area (Å²) in [5, 5.41) is 8.89. The number of sulfonamides is 1. The molecule has 1 rings (SSSR count). The predicted octanol–water partition coefficient (Wildman–Crippen LogP) is 0.0867. The van der Waals surface area contributed by atoms with Gasteiger partial charge in [0.05, 0.1) is 11.9 Å². The average Bonchev–Trinajstić information content (AvgIpc) is 1.94.